The summed E-state index contributed by atoms with van der Waals surface area (Å²) in [6, 6.07) is 14.8. The molecule has 2 unspecified atom stereocenters. The van der Waals surface area contributed by atoms with Gasteiger partial charge in [-0.05, 0) is 24.1 Å². The molecule has 0 aromatic heterocycles. The average Bonchev–Trinajstić information content (AvgIpc) is 3.43. The molecule has 1 saturated heterocycles. The van der Waals surface area contributed by atoms with E-state index in [4.69, 9.17) is 21.3 Å². The smallest absolute Gasteiger partial charge is 0.252 e. The van der Waals surface area contributed by atoms with E-state index in [0.29, 0.717) is 11.6 Å². The van der Waals surface area contributed by atoms with E-state index in [1.165, 1.54) is 0 Å². The fraction of sp³-hybridized carbons (Fsp3) is 0.364. The normalized spacial score (nSPS) is 25.0. The summed E-state index contributed by atoms with van der Waals surface area (Å²) in [6.45, 7) is 4.39. The van der Waals surface area contributed by atoms with Gasteiger partial charge in [-0.3, -0.25) is 9.79 Å². The Morgan fingerprint density at radius 3 is 2.61 bits per heavy atom. The first-order chi connectivity index (χ1) is 13.5. The first kappa shape index (κ1) is 19.1. The molecule has 2 aliphatic heterocycles. The molecule has 1 N–H and O–H groups in total. The van der Waals surface area contributed by atoms with E-state index in [0.717, 1.165) is 28.9 Å². The zero-order chi connectivity index (χ0) is 19.8. The van der Waals surface area contributed by atoms with Crippen LogP contribution in [0.15, 0.2) is 53.5 Å². The van der Waals surface area contributed by atoms with Gasteiger partial charge in [0.15, 0.2) is 6.29 Å². The Kier molecular flexibility index (Phi) is 5.23. The summed E-state index contributed by atoms with van der Waals surface area (Å²) in [4.78, 5) is 20.1. The van der Waals surface area contributed by atoms with Crippen molar-refractivity contribution in [2.75, 3.05) is 11.4 Å². The maximum atomic E-state index is 13.5. The fourth-order valence-electron chi connectivity index (χ4n) is 3.53. The number of ether oxygens (including phenoxy) is 1. The largest absolute Gasteiger partial charge is 0.366 e. The zero-order valence-corrected chi connectivity index (χ0v) is 16.6. The molecule has 4 atom stereocenters. The van der Waals surface area contributed by atoms with Crippen molar-refractivity contribution in [2.24, 2.45) is 10.9 Å². The Morgan fingerprint density at radius 2 is 1.96 bits per heavy atom. The summed E-state index contributed by atoms with van der Waals surface area (Å²) in [7, 11) is 0. The van der Waals surface area contributed by atoms with Crippen molar-refractivity contribution in [1.82, 2.24) is 0 Å². The molecule has 0 bridgehead atoms. The maximum absolute atomic E-state index is 13.5. The highest BCUT2D eigenvalue weighted by Gasteiger charge is 2.43. The summed E-state index contributed by atoms with van der Waals surface area (Å²) in [6.07, 6.45) is -0.359. The van der Waals surface area contributed by atoms with Crippen LogP contribution in [0.25, 0.3) is 0 Å². The van der Waals surface area contributed by atoms with Gasteiger partial charge in [0.1, 0.15) is 12.1 Å². The SMILES string of the molecule is CC[C@H](C)[C@@H]1N=C(c2ccccc2)c2cc(Cl)ccc2N(CC2OC2O)C1=O. The van der Waals surface area contributed by atoms with Crippen LogP contribution in [0.4, 0.5) is 5.69 Å². The molecule has 2 aromatic carbocycles. The molecule has 0 radical (unpaired) electrons. The van der Waals surface area contributed by atoms with Gasteiger partial charge in [-0.25, -0.2) is 0 Å². The Labute approximate surface area is 169 Å². The van der Waals surface area contributed by atoms with Crippen LogP contribution in [0.1, 0.15) is 31.4 Å². The number of hydrogen-bond donors (Lipinski definition) is 1. The number of aliphatic hydroxyl groups is 1. The molecule has 28 heavy (non-hydrogen) atoms. The summed E-state index contributed by atoms with van der Waals surface area (Å²) < 4.78 is 5.18. The zero-order valence-electron chi connectivity index (χ0n) is 15.9. The summed E-state index contributed by atoms with van der Waals surface area (Å²) in [5, 5.41) is 10.2. The number of fused-ring (bicyclic) bond motifs is 1. The van der Waals surface area contributed by atoms with Crippen molar-refractivity contribution < 1.29 is 14.6 Å². The van der Waals surface area contributed by atoms with Gasteiger partial charge in [0.25, 0.3) is 5.91 Å². The predicted molar refractivity (Wildman–Crippen MR) is 110 cm³/mol. The second-order valence-electron chi connectivity index (χ2n) is 7.35. The highest BCUT2D eigenvalue weighted by atomic mass is 35.5. The van der Waals surface area contributed by atoms with Crippen LogP contribution in [-0.4, -0.2) is 41.7 Å². The van der Waals surface area contributed by atoms with Crippen LogP contribution in [0.2, 0.25) is 5.02 Å². The molecule has 146 valence electrons. The van der Waals surface area contributed by atoms with Crippen LogP contribution in [0.5, 0.6) is 0 Å². The number of anilines is 1. The van der Waals surface area contributed by atoms with Crippen LogP contribution in [0.3, 0.4) is 0 Å². The third-order valence-corrected chi connectivity index (χ3v) is 5.68. The van der Waals surface area contributed by atoms with E-state index in [-0.39, 0.29) is 17.9 Å². The van der Waals surface area contributed by atoms with Crippen molar-refractivity contribution in [2.45, 2.75) is 38.7 Å². The van der Waals surface area contributed by atoms with Crippen molar-refractivity contribution in [3.63, 3.8) is 0 Å². The summed E-state index contributed by atoms with van der Waals surface area (Å²) in [5.41, 5.74) is 3.26. The molecule has 5 nitrogen and oxygen atoms in total. The van der Waals surface area contributed by atoms with Gasteiger partial charge in [0.05, 0.1) is 17.9 Å². The highest BCUT2D eigenvalue weighted by Crippen LogP contribution is 2.34. The minimum absolute atomic E-state index is 0.0727. The van der Waals surface area contributed by atoms with Gasteiger partial charge in [-0.15, -0.1) is 0 Å². The van der Waals surface area contributed by atoms with Crippen LogP contribution in [-0.2, 0) is 9.53 Å². The second kappa shape index (κ2) is 7.66. The lowest BCUT2D eigenvalue weighted by Gasteiger charge is -2.26. The fourth-order valence-corrected chi connectivity index (χ4v) is 3.70. The first-order valence-electron chi connectivity index (χ1n) is 9.57. The van der Waals surface area contributed by atoms with Crippen molar-refractivity contribution >= 4 is 28.9 Å². The number of halogens is 1. The molecule has 6 heteroatoms. The standard InChI is InChI=1S/C22H23ClN2O3/c1-3-13(2)19-21(26)25(12-18-22(27)28-18)17-10-9-15(23)11-16(17)20(24-19)14-7-5-4-6-8-14/h4-11,13,18-19,22,27H,3,12H2,1-2H3/t13-,18?,19-,22?/m0/s1. The van der Waals surface area contributed by atoms with Gasteiger partial charge in [-0.2, -0.15) is 0 Å². The molecule has 1 amide bonds. The maximum Gasteiger partial charge on any atom is 0.252 e. The van der Waals surface area contributed by atoms with E-state index >= 15 is 0 Å². The molecular weight excluding hydrogens is 376 g/mol. The molecule has 4 rings (SSSR count). The molecule has 0 saturated carbocycles. The number of aliphatic imine (C=N–C) groups is 1. The Morgan fingerprint density at radius 1 is 1.25 bits per heavy atom. The number of aliphatic hydroxyl groups excluding tert-OH is 1. The third kappa shape index (κ3) is 3.58. The van der Waals surface area contributed by atoms with Crippen LogP contribution in [0, 0.1) is 5.92 Å². The molecule has 1 fully saturated rings. The third-order valence-electron chi connectivity index (χ3n) is 5.44. The van der Waals surface area contributed by atoms with E-state index in [2.05, 4.69) is 6.92 Å². The number of hydrogen-bond acceptors (Lipinski definition) is 4. The summed E-state index contributed by atoms with van der Waals surface area (Å²) in [5.74, 6) is -0.00454. The number of nitrogens with zero attached hydrogens (tertiary/aromatic N) is 2. The van der Waals surface area contributed by atoms with Gasteiger partial charge in [-0.1, -0.05) is 62.2 Å². The molecule has 2 heterocycles. The van der Waals surface area contributed by atoms with Gasteiger partial charge in [0, 0.05) is 16.1 Å². The van der Waals surface area contributed by atoms with Gasteiger partial charge in [0.2, 0.25) is 0 Å². The number of amides is 1. The minimum atomic E-state index is -0.816. The number of benzene rings is 2. The quantitative estimate of drug-likeness (QED) is 0.782. The van der Waals surface area contributed by atoms with E-state index in [9.17, 15) is 9.90 Å². The average molecular weight is 399 g/mol. The molecule has 2 aromatic rings. The Bertz CT molecular complexity index is 915. The number of benzodiazepines with no additional fused rings is 1. The van der Waals surface area contributed by atoms with Crippen molar-refractivity contribution in [3.8, 4) is 0 Å². The minimum Gasteiger partial charge on any atom is -0.366 e. The van der Waals surface area contributed by atoms with Crippen LogP contribution >= 0.6 is 11.6 Å². The lowest BCUT2D eigenvalue weighted by molar-refractivity contribution is -0.120. The number of epoxide rings is 1. The number of carbonyl (C=O) groups is 1. The van der Waals surface area contributed by atoms with Gasteiger partial charge < -0.3 is 14.7 Å². The Hall–Kier alpha value is -2.21. The monoisotopic (exact) mass is 398 g/mol. The molecule has 0 aliphatic carbocycles. The molecular formula is C22H23ClN2O3. The topological polar surface area (TPSA) is 65.4 Å². The van der Waals surface area contributed by atoms with E-state index < -0.39 is 12.3 Å². The number of carbonyl (C=O) groups excluding carboxylic acids is 1. The van der Waals surface area contributed by atoms with Crippen molar-refractivity contribution in [1.29, 1.82) is 0 Å². The summed E-state index contributed by atoms with van der Waals surface area (Å²) >= 11 is 6.31. The van der Waals surface area contributed by atoms with Crippen molar-refractivity contribution in [3.05, 3.63) is 64.7 Å². The Balaban J connectivity index is 1.89. The highest BCUT2D eigenvalue weighted by molar-refractivity contribution is 6.32. The molecule has 2 aliphatic rings. The van der Waals surface area contributed by atoms with E-state index in [1.54, 1.807) is 11.0 Å². The van der Waals surface area contributed by atoms with Crippen LogP contribution < -0.4 is 4.90 Å². The first-order valence-corrected chi connectivity index (χ1v) is 9.95. The number of rotatable bonds is 5. The molecule has 0 spiro atoms. The lowest BCUT2D eigenvalue weighted by atomic mass is 9.98. The van der Waals surface area contributed by atoms with E-state index in [1.807, 2.05) is 49.4 Å². The lowest BCUT2D eigenvalue weighted by Crippen LogP contribution is -2.43. The van der Waals surface area contributed by atoms with Gasteiger partial charge >= 0.3 is 0 Å². The predicted octanol–water partition coefficient (Wildman–Crippen LogP) is 3.66. The second-order valence-corrected chi connectivity index (χ2v) is 7.79.